The number of hydrogen-bond acceptors (Lipinski definition) is 3. The topological polar surface area (TPSA) is 116 Å². The molecule has 1 aromatic heterocycles. The summed E-state index contributed by atoms with van der Waals surface area (Å²) in [5.74, 6) is 0.241. The first-order chi connectivity index (χ1) is 6.49. The zero-order valence-corrected chi connectivity index (χ0v) is 7.18. The van der Waals surface area contributed by atoms with Crippen LogP contribution in [0.5, 0.6) is 0 Å². The van der Waals surface area contributed by atoms with Crippen molar-refractivity contribution < 1.29 is 19.8 Å². The number of carboxylic acid groups (broad SMARTS) is 2. The second-order valence-electron chi connectivity index (χ2n) is 2.40. The maximum absolute atomic E-state index is 10.3. The van der Waals surface area contributed by atoms with Gasteiger partial charge in [0.1, 0.15) is 5.82 Å². The van der Waals surface area contributed by atoms with Gasteiger partial charge in [0.15, 0.2) is 5.82 Å². The third kappa shape index (κ3) is 2.37. The number of nitrogens with one attached hydrogen (secondary N) is 2. The fourth-order valence-electron chi connectivity index (χ4n) is 0.864. The van der Waals surface area contributed by atoms with Crippen LogP contribution in [0, 0.1) is 0 Å². The molecule has 0 bridgehead atoms. The summed E-state index contributed by atoms with van der Waals surface area (Å²) in [6, 6.07) is 1.27. The molecule has 0 radical (unpaired) electrons. The highest BCUT2D eigenvalue weighted by Crippen LogP contribution is 2.12. The Morgan fingerprint density at radius 2 is 1.93 bits per heavy atom. The molecule has 0 saturated carbocycles. The van der Waals surface area contributed by atoms with Crippen molar-refractivity contribution in [1.82, 2.24) is 9.78 Å². The number of nitrogens with zero attached hydrogens (tertiary/aromatic N) is 2. The third-order valence-electron chi connectivity index (χ3n) is 1.35. The van der Waals surface area contributed by atoms with E-state index in [0.717, 1.165) is 0 Å². The largest absolute Gasteiger partial charge is 0.465 e. The molecule has 0 aromatic carbocycles. The van der Waals surface area contributed by atoms with Crippen molar-refractivity contribution in [2.24, 2.45) is 7.05 Å². The molecule has 4 N–H and O–H groups in total. The van der Waals surface area contributed by atoms with Crippen molar-refractivity contribution in [2.75, 3.05) is 10.6 Å². The van der Waals surface area contributed by atoms with Gasteiger partial charge in [0.05, 0.1) is 0 Å². The molecule has 1 heterocycles. The molecule has 1 rings (SSSR count). The number of aryl methyl sites for hydroxylation is 1. The molecule has 1 aromatic rings. The smallest absolute Gasteiger partial charge is 0.410 e. The molecule has 0 spiro atoms. The van der Waals surface area contributed by atoms with Crippen LogP contribution in [-0.4, -0.2) is 32.2 Å². The van der Waals surface area contributed by atoms with Crippen molar-refractivity contribution in [3.05, 3.63) is 6.07 Å². The summed E-state index contributed by atoms with van der Waals surface area (Å²) in [6.45, 7) is 0. The minimum Gasteiger partial charge on any atom is -0.465 e. The summed E-state index contributed by atoms with van der Waals surface area (Å²) >= 11 is 0. The lowest BCUT2D eigenvalue weighted by Crippen LogP contribution is -2.10. The zero-order chi connectivity index (χ0) is 10.7. The standard InChI is InChI=1S/C6H8N4O4/c1-10-4(8-6(13)14)2-3(9-10)7-5(11)12/h2,8H,1H3,(H,7,9)(H,11,12)(H,13,14). The van der Waals surface area contributed by atoms with Gasteiger partial charge in [0.25, 0.3) is 0 Å². The molecule has 0 saturated heterocycles. The molecule has 0 aliphatic carbocycles. The van der Waals surface area contributed by atoms with Crippen LogP contribution < -0.4 is 10.6 Å². The summed E-state index contributed by atoms with van der Waals surface area (Å²) < 4.78 is 1.21. The molecular formula is C6H8N4O4. The van der Waals surface area contributed by atoms with Gasteiger partial charge in [-0.1, -0.05) is 0 Å². The molecule has 0 fully saturated rings. The SMILES string of the molecule is Cn1nc(NC(=O)O)cc1NC(=O)O. The highest BCUT2D eigenvalue weighted by atomic mass is 16.4. The van der Waals surface area contributed by atoms with Crippen molar-refractivity contribution in [3.63, 3.8) is 0 Å². The number of amides is 2. The molecule has 0 unspecified atom stereocenters. The summed E-state index contributed by atoms with van der Waals surface area (Å²) in [6.07, 6.45) is -2.50. The molecular weight excluding hydrogens is 192 g/mol. The Hall–Kier alpha value is -2.25. The van der Waals surface area contributed by atoms with Gasteiger partial charge in [-0.25, -0.2) is 9.59 Å². The van der Waals surface area contributed by atoms with Crippen molar-refractivity contribution in [2.45, 2.75) is 0 Å². The Morgan fingerprint density at radius 1 is 1.36 bits per heavy atom. The lowest BCUT2D eigenvalue weighted by Gasteiger charge is -1.97. The second kappa shape index (κ2) is 3.64. The monoisotopic (exact) mass is 200 g/mol. The molecule has 76 valence electrons. The minimum absolute atomic E-state index is 0.0590. The van der Waals surface area contributed by atoms with Crippen molar-refractivity contribution >= 4 is 23.8 Å². The maximum Gasteiger partial charge on any atom is 0.410 e. The van der Waals surface area contributed by atoms with Gasteiger partial charge in [-0.2, -0.15) is 5.10 Å². The summed E-state index contributed by atoms with van der Waals surface area (Å²) in [4.78, 5) is 20.5. The third-order valence-corrected chi connectivity index (χ3v) is 1.35. The van der Waals surface area contributed by atoms with E-state index in [-0.39, 0.29) is 11.6 Å². The van der Waals surface area contributed by atoms with E-state index in [4.69, 9.17) is 10.2 Å². The van der Waals surface area contributed by atoms with Crippen LogP contribution in [0.2, 0.25) is 0 Å². The Balaban J connectivity index is 2.81. The Kier molecular flexibility index (Phi) is 2.56. The average Bonchev–Trinajstić information content (AvgIpc) is 2.28. The van der Waals surface area contributed by atoms with Gasteiger partial charge < -0.3 is 10.2 Å². The highest BCUT2D eigenvalue weighted by molar-refractivity contribution is 5.85. The predicted octanol–water partition coefficient (Wildman–Crippen LogP) is 0.600. The second-order valence-corrected chi connectivity index (χ2v) is 2.40. The normalized spacial score (nSPS) is 9.50. The molecule has 0 atom stereocenters. The van der Waals surface area contributed by atoms with Gasteiger partial charge in [0, 0.05) is 13.1 Å². The van der Waals surface area contributed by atoms with Crippen LogP contribution in [0.1, 0.15) is 0 Å². The first-order valence-corrected chi connectivity index (χ1v) is 3.53. The highest BCUT2D eigenvalue weighted by Gasteiger charge is 2.08. The number of hydrogen-bond donors (Lipinski definition) is 4. The first-order valence-electron chi connectivity index (χ1n) is 3.53. The van der Waals surface area contributed by atoms with E-state index in [1.165, 1.54) is 17.8 Å². The summed E-state index contributed by atoms with van der Waals surface area (Å²) in [7, 11) is 1.48. The van der Waals surface area contributed by atoms with Crippen LogP contribution in [0.3, 0.4) is 0 Å². The lowest BCUT2D eigenvalue weighted by atomic mass is 10.5. The number of rotatable bonds is 2. The summed E-state index contributed by atoms with van der Waals surface area (Å²) in [5, 5.41) is 24.5. The van der Waals surface area contributed by atoms with Crippen LogP contribution in [0.25, 0.3) is 0 Å². The maximum atomic E-state index is 10.3. The van der Waals surface area contributed by atoms with Crippen LogP contribution >= 0.6 is 0 Å². The lowest BCUT2D eigenvalue weighted by molar-refractivity contribution is 0.208. The predicted molar refractivity (Wildman–Crippen MR) is 46.5 cm³/mol. The van der Waals surface area contributed by atoms with E-state index in [2.05, 4.69) is 10.4 Å². The van der Waals surface area contributed by atoms with E-state index < -0.39 is 12.2 Å². The van der Waals surface area contributed by atoms with Crippen molar-refractivity contribution in [1.29, 1.82) is 0 Å². The van der Waals surface area contributed by atoms with Gasteiger partial charge in [-0.3, -0.25) is 15.3 Å². The Morgan fingerprint density at radius 3 is 2.43 bits per heavy atom. The Bertz CT molecular complexity index is 372. The number of carbonyl (C=O) groups is 2. The quantitative estimate of drug-likeness (QED) is 0.557. The molecule has 0 aliphatic rings. The minimum atomic E-state index is -1.26. The van der Waals surface area contributed by atoms with E-state index >= 15 is 0 Å². The fraction of sp³-hybridized carbons (Fsp3) is 0.167. The molecule has 14 heavy (non-hydrogen) atoms. The molecule has 2 amide bonds. The Labute approximate surface area is 78.1 Å². The summed E-state index contributed by atoms with van der Waals surface area (Å²) in [5.41, 5.74) is 0. The van der Waals surface area contributed by atoms with Crippen LogP contribution in [0.15, 0.2) is 6.07 Å². The first kappa shape index (κ1) is 9.84. The van der Waals surface area contributed by atoms with Crippen LogP contribution in [0.4, 0.5) is 21.2 Å². The van der Waals surface area contributed by atoms with E-state index in [9.17, 15) is 9.59 Å². The molecule has 8 heteroatoms. The van der Waals surface area contributed by atoms with Crippen molar-refractivity contribution in [3.8, 4) is 0 Å². The van der Waals surface area contributed by atoms with E-state index in [1.54, 1.807) is 0 Å². The van der Waals surface area contributed by atoms with Gasteiger partial charge >= 0.3 is 12.2 Å². The van der Waals surface area contributed by atoms with Crippen LogP contribution in [-0.2, 0) is 7.05 Å². The van der Waals surface area contributed by atoms with E-state index in [1.807, 2.05) is 5.32 Å². The molecule has 8 nitrogen and oxygen atoms in total. The van der Waals surface area contributed by atoms with Gasteiger partial charge in [-0.05, 0) is 0 Å². The number of anilines is 2. The average molecular weight is 200 g/mol. The van der Waals surface area contributed by atoms with E-state index in [0.29, 0.717) is 0 Å². The van der Waals surface area contributed by atoms with Gasteiger partial charge in [0.2, 0.25) is 0 Å². The van der Waals surface area contributed by atoms with Gasteiger partial charge in [-0.15, -0.1) is 0 Å². The zero-order valence-electron chi connectivity index (χ0n) is 7.18. The number of aromatic nitrogens is 2. The fourth-order valence-corrected chi connectivity index (χ4v) is 0.864. The molecule has 0 aliphatic heterocycles.